The number of nitrogen functional groups attached to an aromatic ring is 1. The molecule has 0 radical (unpaired) electrons. The highest BCUT2D eigenvalue weighted by Gasteiger charge is 2.40. The number of nitrogens with two attached hydrogens (primary N) is 1. The maximum Gasteiger partial charge on any atom is 0.451 e. The van der Waals surface area contributed by atoms with Crippen LogP contribution in [0.3, 0.4) is 0 Å². The number of alkyl halides is 3. The zero-order chi connectivity index (χ0) is 15.2. The van der Waals surface area contributed by atoms with Crippen LogP contribution >= 0.6 is 0 Å². The summed E-state index contributed by atoms with van der Waals surface area (Å²) >= 11 is 0. The minimum atomic E-state index is -4.56. The normalized spacial score (nSPS) is 15.1. The van der Waals surface area contributed by atoms with Crippen molar-refractivity contribution in [1.29, 1.82) is 0 Å². The van der Waals surface area contributed by atoms with Crippen LogP contribution in [0, 0.1) is 0 Å². The molecule has 11 heteroatoms. The molecule has 0 saturated heterocycles. The lowest BCUT2D eigenvalue weighted by molar-refractivity contribution is -0.147. The van der Waals surface area contributed by atoms with Gasteiger partial charge in [-0.05, 0) is 0 Å². The number of aromatic nitrogens is 5. The van der Waals surface area contributed by atoms with Crippen LogP contribution in [0.4, 0.5) is 18.9 Å². The summed E-state index contributed by atoms with van der Waals surface area (Å²) in [5.41, 5.74) is 5.87. The molecule has 3 heterocycles. The monoisotopic (exact) mass is 301 g/mol. The van der Waals surface area contributed by atoms with Gasteiger partial charge in [0.25, 0.3) is 5.91 Å². The molecule has 21 heavy (non-hydrogen) atoms. The molecule has 1 aliphatic heterocycles. The van der Waals surface area contributed by atoms with E-state index < -0.39 is 17.9 Å². The Labute approximate surface area is 115 Å². The molecule has 8 nitrogen and oxygen atoms in total. The molecule has 1 amide bonds. The average Bonchev–Trinajstić information content (AvgIpc) is 3.02. The summed E-state index contributed by atoms with van der Waals surface area (Å²) in [4.78, 5) is 13.5. The van der Waals surface area contributed by atoms with Gasteiger partial charge in [0, 0.05) is 13.1 Å². The van der Waals surface area contributed by atoms with Crippen LogP contribution in [0.25, 0.3) is 0 Å². The van der Waals surface area contributed by atoms with Crippen LogP contribution in [0.5, 0.6) is 0 Å². The second-order valence-corrected chi connectivity index (χ2v) is 4.52. The minimum Gasteiger partial charge on any atom is -0.396 e. The van der Waals surface area contributed by atoms with E-state index in [0.717, 1.165) is 4.57 Å². The summed E-state index contributed by atoms with van der Waals surface area (Å²) in [7, 11) is 0. The van der Waals surface area contributed by atoms with E-state index in [1.807, 2.05) is 0 Å². The van der Waals surface area contributed by atoms with Gasteiger partial charge in [-0.3, -0.25) is 9.89 Å². The summed E-state index contributed by atoms with van der Waals surface area (Å²) in [5, 5.41) is 12.8. The lowest BCUT2D eigenvalue weighted by atomic mass is 10.2. The third-order valence-electron chi connectivity index (χ3n) is 3.18. The quantitative estimate of drug-likeness (QED) is 0.786. The summed E-state index contributed by atoms with van der Waals surface area (Å²) in [6, 6.07) is 0. The third-order valence-corrected chi connectivity index (χ3v) is 3.18. The molecule has 0 aliphatic carbocycles. The molecule has 3 N–H and O–H groups in total. The summed E-state index contributed by atoms with van der Waals surface area (Å²) in [6.45, 7) is 0.00272. The second kappa shape index (κ2) is 4.46. The molecular formula is C10H10F3N7O. The highest BCUT2D eigenvalue weighted by Crippen LogP contribution is 2.29. The number of H-pyrrole nitrogens is 1. The Balaban J connectivity index is 1.84. The van der Waals surface area contributed by atoms with E-state index in [4.69, 9.17) is 5.73 Å². The van der Waals surface area contributed by atoms with Gasteiger partial charge >= 0.3 is 6.18 Å². The van der Waals surface area contributed by atoms with Crippen LogP contribution < -0.4 is 5.73 Å². The molecule has 1 aliphatic rings. The van der Waals surface area contributed by atoms with Gasteiger partial charge in [0.15, 0.2) is 5.82 Å². The van der Waals surface area contributed by atoms with Crippen molar-refractivity contribution in [3.8, 4) is 0 Å². The van der Waals surface area contributed by atoms with Gasteiger partial charge < -0.3 is 15.2 Å². The molecule has 2 aromatic rings. The Hall–Kier alpha value is -2.59. The predicted molar refractivity (Wildman–Crippen MR) is 62.8 cm³/mol. The molecule has 3 rings (SSSR count). The van der Waals surface area contributed by atoms with Crippen LogP contribution in [0.15, 0.2) is 6.20 Å². The second-order valence-electron chi connectivity index (χ2n) is 4.52. The number of fused-ring (bicyclic) bond motifs is 1. The maximum atomic E-state index is 12.7. The first-order valence-electron chi connectivity index (χ1n) is 5.95. The summed E-state index contributed by atoms with van der Waals surface area (Å²) in [5.74, 6) is -1.40. The number of rotatable bonds is 1. The van der Waals surface area contributed by atoms with E-state index in [-0.39, 0.29) is 36.8 Å². The number of hydrogen-bond donors (Lipinski definition) is 2. The van der Waals surface area contributed by atoms with Crippen molar-refractivity contribution in [2.24, 2.45) is 0 Å². The molecule has 2 aromatic heterocycles. The lowest BCUT2D eigenvalue weighted by Crippen LogP contribution is -2.39. The van der Waals surface area contributed by atoms with E-state index in [9.17, 15) is 18.0 Å². The number of anilines is 1. The number of carbonyl (C=O) groups is 1. The molecule has 0 unspecified atom stereocenters. The zero-order valence-electron chi connectivity index (χ0n) is 10.6. The molecule has 0 spiro atoms. The van der Waals surface area contributed by atoms with E-state index >= 15 is 0 Å². The predicted octanol–water partition coefficient (Wildman–Crippen LogP) is 0.258. The number of nitrogens with one attached hydrogen (secondary N) is 1. The van der Waals surface area contributed by atoms with E-state index in [1.54, 1.807) is 0 Å². The molecule has 0 aromatic carbocycles. The van der Waals surface area contributed by atoms with Crippen molar-refractivity contribution < 1.29 is 18.0 Å². The highest BCUT2D eigenvalue weighted by atomic mass is 19.4. The summed E-state index contributed by atoms with van der Waals surface area (Å²) in [6.07, 6.45) is -3.27. The smallest absolute Gasteiger partial charge is 0.396 e. The lowest BCUT2D eigenvalue weighted by Gasteiger charge is -2.27. The molecule has 0 fully saturated rings. The van der Waals surface area contributed by atoms with Crippen molar-refractivity contribution in [2.45, 2.75) is 19.3 Å². The largest absolute Gasteiger partial charge is 0.451 e. The van der Waals surface area contributed by atoms with Gasteiger partial charge in [-0.15, -0.1) is 10.2 Å². The minimum absolute atomic E-state index is 0.0308. The average molecular weight is 301 g/mol. The van der Waals surface area contributed by atoms with Gasteiger partial charge in [0.1, 0.15) is 5.69 Å². The number of amides is 1. The molecule has 0 saturated carbocycles. The summed E-state index contributed by atoms with van der Waals surface area (Å²) < 4.78 is 39.1. The van der Waals surface area contributed by atoms with Gasteiger partial charge in [-0.25, -0.2) is 0 Å². The Bertz CT molecular complexity index is 689. The first-order valence-corrected chi connectivity index (χ1v) is 5.95. The Morgan fingerprint density at radius 2 is 2.10 bits per heavy atom. The Morgan fingerprint density at radius 3 is 2.71 bits per heavy atom. The fraction of sp³-hybridized carbons (Fsp3) is 0.400. The van der Waals surface area contributed by atoms with Crippen molar-refractivity contribution in [1.82, 2.24) is 29.9 Å². The van der Waals surface area contributed by atoms with Crippen molar-refractivity contribution in [3.63, 3.8) is 0 Å². The van der Waals surface area contributed by atoms with Gasteiger partial charge in [0.05, 0.1) is 18.4 Å². The topological polar surface area (TPSA) is 106 Å². The standard InChI is InChI=1S/C10H10F3N7O/c11-10(12,13)9-18-16-6-4-19(1-2-20(6)9)8(21)7-5(14)3-15-17-7/h3H,1-2,4,14H2,(H,15,17). The van der Waals surface area contributed by atoms with Crippen LogP contribution in [-0.4, -0.2) is 42.3 Å². The van der Waals surface area contributed by atoms with E-state index in [0.29, 0.717) is 0 Å². The Morgan fingerprint density at radius 1 is 1.33 bits per heavy atom. The molecular weight excluding hydrogens is 291 g/mol. The molecule has 112 valence electrons. The van der Waals surface area contributed by atoms with Gasteiger partial charge in [-0.2, -0.15) is 18.3 Å². The fourth-order valence-electron chi connectivity index (χ4n) is 2.17. The molecule has 0 atom stereocenters. The fourth-order valence-corrected chi connectivity index (χ4v) is 2.17. The number of hydrogen-bond acceptors (Lipinski definition) is 5. The number of carbonyl (C=O) groups excluding carboxylic acids is 1. The third kappa shape index (κ3) is 2.19. The van der Waals surface area contributed by atoms with Crippen molar-refractivity contribution in [2.75, 3.05) is 12.3 Å². The number of aromatic amines is 1. The highest BCUT2D eigenvalue weighted by molar-refractivity contribution is 5.96. The zero-order valence-corrected chi connectivity index (χ0v) is 10.6. The van der Waals surface area contributed by atoms with Gasteiger partial charge in [0.2, 0.25) is 5.82 Å². The van der Waals surface area contributed by atoms with Crippen LogP contribution in [0.2, 0.25) is 0 Å². The first-order chi connectivity index (χ1) is 9.88. The molecule has 0 bridgehead atoms. The first kappa shape index (κ1) is 13.4. The maximum absolute atomic E-state index is 12.7. The van der Waals surface area contributed by atoms with Crippen molar-refractivity contribution in [3.05, 3.63) is 23.5 Å². The van der Waals surface area contributed by atoms with Crippen LogP contribution in [-0.2, 0) is 19.3 Å². The van der Waals surface area contributed by atoms with Crippen LogP contribution in [0.1, 0.15) is 22.1 Å². The SMILES string of the molecule is Nc1cn[nH]c1C(=O)N1CCn2c(nnc2C(F)(F)F)C1. The van der Waals surface area contributed by atoms with E-state index in [1.165, 1.54) is 11.1 Å². The van der Waals surface area contributed by atoms with Gasteiger partial charge in [-0.1, -0.05) is 0 Å². The number of nitrogens with zero attached hydrogens (tertiary/aromatic N) is 5. The Kier molecular flexibility index (Phi) is 2.85. The van der Waals surface area contributed by atoms with E-state index in [2.05, 4.69) is 20.4 Å². The number of halogens is 3. The van der Waals surface area contributed by atoms with Crippen molar-refractivity contribution >= 4 is 11.6 Å².